The predicted octanol–water partition coefficient (Wildman–Crippen LogP) is 3.18. The number of pyridine rings is 2. The lowest BCUT2D eigenvalue weighted by atomic mass is 10.3. The molecule has 0 atom stereocenters. The number of rotatable bonds is 6. The van der Waals surface area contributed by atoms with Crippen LogP contribution in [-0.4, -0.2) is 28.7 Å². The number of sulfonamides is 1. The molecule has 2 N–H and O–H groups in total. The van der Waals surface area contributed by atoms with E-state index in [-0.39, 0.29) is 16.6 Å². The highest BCUT2D eigenvalue weighted by atomic mass is 32.2. The van der Waals surface area contributed by atoms with Crippen LogP contribution in [0.1, 0.15) is 5.69 Å². The van der Waals surface area contributed by atoms with Crippen molar-refractivity contribution in [3.8, 4) is 0 Å². The van der Waals surface area contributed by atoms with Crippen LogP contribution in [0.25, 0.3) is 11.7 Å². The molecule has 1 aromatic carbocycles. The van der Waals surface area contributed by atoms with E-state index in [0.29, 0.717) is 5.69 Å². The van der Waals surface area contributed by atoms with Crippen molar-refractivity contribution >= 4 is 39.2 Å². The average molecular weight is 419 g/mol. The zero-order valence-corrected chi connectivity index (χ0v) is 16.5. The summed E-state index contributed by atoms with van der Waals surface area (Å²) in [6.07, 6.45) is 8.08. The highest BCUT2D eigenvalue weighted by molar-refractivity contribution is 7.92. The van der Waals surface area contributed by atoms with Gasteiger partial charge >= 0.3 is 0 Å². The molecule has 0 unspecified atom stereocenters. The Labute approximate surface area is 173 Å². The third-order valence-corrected chi connectivity index (χ3v) is 5.56. The molecule has 4 aromatic rings. The number of carbonyl (C=O) groups is 1. The van der Waals surface area contributed by atoms with E-state index in [1.54, 1.807) is 30.5 Å². The fraction of sp³-hybridized carbons (Fsp3) is 0. The topological polar surface area (TPSA) is 105 Å². The molecule has 0 bridgehead atoms. The molecule has 3 heterocycles. The van der Waals surface area contributed by atoms with Gasteiger partial charge in [0.15, 0.2) is 0 Å². The summed E-state index contributed by atoms with van der Waals surface area (Å²) in [6.45, 7) is 0. The van der Waals surface area contributed by atoms with Gasteiger partial charge in [-0.3, -0.25) is 9.52 Å². The van der Waals surface area contributed by atoms with Crippen molar-refractivity contribution in [2.75, 3.05) is 10.0 Å². The van der Waals surface area contributed by atoms with Crippen LogP contribution in [0, 0.1) is 0 Å². The van der Waals surface area contributed by atoms with Crippen LogP contribution in [0.4, 0.5) is 11.5 Å². The van der Waals surface area contributed by atoms with Gasteiger partial charge in [0.05, 0.1) is 16.8 Å². The van der Waals surface area contributed by atoms with Crippen molar-refractivity contribution < 1.29 is 13.2 Å². The Morgan fingerprint density at radius 2 is 1.77 bits per heavy atom. The van der Waals surface area contributed by atoms with Crippen LogP contribution in [0.2, 0.25) is 0 Å². The molecule has 0 aliphatic carbocycles. The normalized spacial score (nSPS) is 11.6. The van der Waals surface area contributed by atoms with Gasteiger partial charge in [-0.25, -0.2) is 18.4 Å². The van der Waals surface area contributed by atoms with Crippen molar-refractivity contribution in [1.29, 1.82) is 0 Å². The van der Waals surface area contributed by atoms with E-state index in [4.69, 9.17) is 0 Å². The van der Waals surface area contributed by atoms with E-state index in [2.05, 4.69) is 20.0 Å². The molecule has 4 rings (SSSR count). The fourth-order valence-corrected chi connectivity index (χ4v) is 3.77. The summed E-state index contributed by atoms with van der Waals surface area (Å²) < 4.78 is 29.1. The molecule has 0 saturated heterocycles. The standard InChI is InChI=1S/C21H17N5O3S/c27-21(12-9-17-15-23-20-6-2-4-14-26(17)20)24-16-7-10-18(11-8-16)30(28,29)25-19-5-1-3-13-22-19/h1-15H,(H,22,25)(H,24,27)/b12-9+. The number of aromatic nitrogens is 3. The monoisotopic (exact) mass is 419 g/mol. The number of benzene rings is 1. The average Bonchev–Trinajstić information content (AvgIpc) is 3.16. The van der Waals surface area contributed by atoms with Gasteiger partial charge in [0.25, 0.3) is 10.0 Å². The summed E-state index contributed by atoms with van der Waals surface area (Å²) in [6, 6.07) is 16.4. The molecule has 0 spiro atoms. The van der Waals surface area contributed by atoms with E-state index in [9.17, 15) is 13.2 Å². The molecule has 0 aliphatic heterocycles. The van der Waals surface area contributed by atoms with Crippen molar-refractivity contribution in [2.45, 2.75) is 4.90 Å². The molecule has 0 radical (unpaired) electrons. The zero-order valence-electron chi connectivity index (χ0n) is 15.6. The number of anilines is 2. The minimum absolute atomic E-state index is 0.0624. The van der Waals surface area contributed by atoms with Crippen molar-refractivity contribution in [1.82, 2.24) is 14.4 Å². The molecule has 3 aromatic heterocycles. The van der Waals surface area contributed by atoms with Gasteiger partial charge in [0.2, 0.25) is 5.91 Å². The first kappa shape index (κ1) is 19.3. The van der Waals surface area contributed by atoms with E-state index in [1.165, 1.54) is 36.5 Å². The molecule has 0 aliphatic rings. The predicted molar refractivity (Wildman–Crippen MR) is 114 cm³/mol. The van der Waals surface area contributed by atoms with Crippen LogP contribution >= 0.6 is 0 Å². The SMILES string of the molecule is O=C(/C=C/c1cnc2ccccn12)Nc1ccc(S(=O)(=O)Nc2ccccn2)cc1. The lowest BCUT2D eigenvalue weighted by molar-refractivity contribution is -0.111. The Kier molecular flexibility index (Phi) is 5.27. The maximum Gasteiger partial charge on any atom is 0.263 e. The van der Waals surface area contributed by atoms with Gasteiger partial charge in [-0.2, -0.15) is 0 Å². The Bertz CT molecular complexity index is 1310. The quantitative estimate of drug-likeness (QED) is 0.467. The molecule has 9 heteroatoms. The maximum atomic E-state index is 12.4. The lowest BCUT2D eigenvalue weighted by Gasteiger charge is -2.08. The minimum atomic E-state index is -3.77. The van der Waals surface area contributed by atoms with Gasteiger partial charge < -0.3 is 9.72 Å². The summed E-state index contributed by atoms with van der Waals surface area (Å²) in [5, 5.41) is 2.70. The smallest absolute Gasteiger partial charge is 0.263 e. The molecular weight excluding hydrogens is 402 g/mol. The van der Waals surface area contributed by atoms with Gasteiger partial charge in [-0.1, -0.05) is 12.1 Å². The number of carbonyl (C=O) groups excluding carboxylic acids is 1. The highest BCUT2D eigenvalue weighted by Crippen LogP contribution is 2.17. The Hall–Kier alpha value is -3.98. The van der Waals surface area contributed by atoms with Gasteiger partial charge in [0.1, 0.15) is 11.5 Å². The number of hydrogen-bond acceptors (Lipinski definition) is 5. The maximum absolute atomic E-state index is 12.4. The molecule has 0 fully saturated rings. The lowest BCUT2D eigenvalue weighted by Crippen LogP contribution is -2.14. The number of amides is 1. The Balaban J connectivity index is 1.42. The second-order valence-corrected chi connectivity index (χ2v) is 7.96. The molecule has 150 valence electrons. The van der Waals surface area contributed by atoms with Crippen LogP contribution < -0.4 is 10.0 Å². The minimum Gasteiger partial charge on any atom is -0.323 e. The van der Waals surface area contributed by atoms with Crippen molar-refractivity contribution in [3.05, 3.63) is 91.0 Å². The molecule has 1 amide bonds. The van der Waals surface area contributed by atoms with Crippen molar-refractivity contribution in [2.24, 2.45) is 0 Å². The second kappa shape index (κ2) is 8.18. The third kappa shape index (κ3) is 4.36. The Morgan fingerprint density at radius 1 is 0.967 bits per heavy atom. The summed E-state index contributed by atoms with van der Waals surface area (Å²) in [5.41, 5.74) is 2.02. The number of nitrogens with zero attached hydrogens (tertiary/aromatic N) is 3. The molecule has 30 heavy (non-hydrogen) atoms. The summed E-state index contributed by atoms with van der Waals surface area (Å²) in [4.78, 5) is 20.5. The summed E-state index contributed by atoms with van der Waals surface area (Å²) >= 11 is 0. The van der Waals surface area contributed by atoms with E-state index in [0.717, 1.165) is 11.3 Å². The van der Waals surface area contributed by atoms with Gasteiger partial charge in [-0.15, -0.1) is 0 Å². The van der Waals surface area contributed by atoms with Gasteiger partial charge in [0, 0.05) is 24.2 Å². The first-order valence-electron chi connectivity index (χ1n) is 8.96. The first-order chi connectivity index (χ1) is 14.5. The number of nitrogens with one attached hydrogen (secondary N) is 2. The van der Waals surface area contributed by atoms with Crippen LogP contribution in [0.15, 0.2) is 90.2 Å². The second-order valence-electron chi connectivity index (χ2n) is 6.28. The Morgan fingerprint density at radius 3 is 2.53 bits per heavy atom. The number of imidazole rings is 1. The molecular formula is C21H17N5O3S. The summed E-state index contributed by atoms with van der Waals surface area (Å²) in [5.74, 6) is -0.115. The number of hydrogen-bond donors (Lipinski definition) is 2. The van der Waals surface area contributed by atoms with Gasteiger partial charge in [-0.05, 0) is 54.6 Å². The summed E-state index contributed by atoms with van der Waals surface area (Å²) in [7, 11) is -3.77. The van der Waals surface area contributed by atoms with Crippen molar-refractivity contribution in [3.63, 3.8) is 0 Å². The highest BCUT2D eigenvalue weighted by Gasteiger charge is 2.14. The largest absolute Gasteiger partial charge is 0.323 e. The van der Waals surface area contributed by atoms with Crippen LogP contribution in [-0.2, 0) is 14.8 Å². The first-order valence-corrected chi connectivity index (χ1v) is 10.4. The van der Waals surface area contributed by atoms with E-state index < -0.39 is 10.0 Å². The molecule has 0 saturated carbocycles. The molecule has 8 nitrogen and oxygen atoms in total. The van der Waals surface area contributed by atoms with Crippen LogP contribution in [0.3, 0.4) is 0 Å². The van der Waals surface area contributed by atoms with Crippen LogP contribution in [0.5, 0.6) is 0 Å². The zero-order chi connectivity index (χ0) is 21.0. The van der Waals surface area contributed by atoms with E-state index in [1.807, 2.05) is 28.8 Å². The fourth-order valence-electron chi connectivity index (χ4n) is 2.76. The third-order valence-electron chi connectivity index (χ3n) is 4.19. The van der Waals surface area contributed by atoms with E-state index >= 15 is 0 Å². The number of fused-ring (bicyclic) bond motifs is 1.